The molecule has 174 valence electrons. The van der Waals surface area contributed by atoms with E-state index in [-0.39, 0.29) is 19.3 Å². The Morgan fingerprint density at radius 2 is 1.17 bits per heavy atom. The van der Waals surface area contributed by atoms with Gasteiger partial charge in [0.2, 0.25) is 12.6 Å². The second-order valence-corrected chi connectivity index (χ2v) is 6.56. The van der Waals surface area contributed by atoms with Crippen molar-refractivity contribution in [2.75, 3.05) is 19.6 Å². The molecule has 0 spiro atoms. The van der Waals surface area contributed by atoms with Crippen molar-refractivity contribution in [1.82, 2.24) is 10.6 Å². The van der Waals surface area contributed by atoms with E-state index in [0.29, 0.717) is 19.5 Å². The lowest BCUT2D eigenvalue weighted by Crippen LogP contribution is -2.30. The van der Waals surface area contributed by atoms with Gasteiger partial charge in [0.05, 0.1) is 0 Å². The van der Waals surface area contributed by atoms with E-state index in [1.54, 1.807) is 13.8 Å². The molecule has 0 rings (SSSR count). The molecule has 2 atom stereocenters. The Morgan fingerprint density at radius 3 is 1.77 bits per heavy atom. The van der Waals surface area contributed by atoms with Gasteiger partial charge in [-0.15, -0.1) is 0 Å². The molecule has 0 heterocycles. The predicted octanol–water partition coefficient (Wildman–Crippen LogP) is 2.39. The summed E-state index contributed by atoms with van der Waals surface area (Å²) >= 11 is 0. The topological polar surface area (TPSA) is 129 Å². The maximum atomic E-state index is 11.6. The Bertz CT molecular complexity index is 481. The summed E-state index contributed by atoms with van der Waals surface area (Å²) in [4.78, 5) is 45.3. The van der Waals surface area contributed by atoms with Crippen molar-refractivity contribution >= 4 is 24.0 Å². The van der Waals surface area contributed by atoms with Crippen LogP contribution in [0.15, 0.2) is 0 Å². The third-order valence-electron chi connectivity index (χ3n) is 3.78. The molecule has 10 heteroatoms. The van der Waals surface area contributed by atoms with Crippen molar-refractivity contribution in [3.8, 4) is 0 Å². The van der Waals surface area contributed by atoms with E-state index in [1.165, 1.54) is 13.8 Å². The third kappa shape index (κ3) is 16.6. The highest BCUT2D eigenvalue weighted by Gasteiger charge is 2.13. The number of unbranched alkanes of at least 4 members (excludes halogenated alkanes) is 2. The van der Waals surface area contributed by atoms with E-state index in [4.69, 9.17) is 18.9 Å². The fraction of sp³-hybridized carbons (Fsp3) is 0.800. The van der Waals surface area contributed by atoms with E-state index in [0.717, 1.165) is 25.8 Å². The summed E-state index contributed by atoms with van der Waals surface area (Å²) in [6.07, 6.45) is 1.58. The van der Waals surface area contributed by atoms with Crippen LogP contribution in [0.4, 0.5) is 4.79 Å². The monoisotopic (exact) mass is 432 g/mol. The average Bonchev–Trinajstić information content (AvgIpc) is 2.68. The lowest BCUT2D eigenvalue weighted by molar-refractivity contribution is -0.184. The maximum absolute atomic E-state index is 11.6. The van der Waals surface area contributed by atoms with Crippen molar-refractivity contribution in [3.05, 3.63) is 0 Å². The van der Waals surface area contributed by atoms with Crippen molar-refractivity contribution in [2.24, 2.45) is 0 Å². The zero-order valence-electron chi connectivity index (χ0n) is 18.5. The molecule has 0 aliphatic heterocycles. The van der Waals surface area contributed by atoms with E-state index < -0.39 is 36.6 Å². The van der Waals surface area contributed by atoms with Gasteiger partial charge in [-0.25, -0.2) is 4.79 Å². The van der Waals surface area contributed by atoms with Crippen LogP contribution in [-0.2, 0) is 33.3 Å². The molecule has 0 unspecified atom stereocenters. The Hall–Kier alpha value is -2.36. The first-order valence-corrected chi connectivity index (χ1v) is 10.5. The number of carbonyl (C=O) groups excluding carboxylic acids is 4. The van der Waals surface area contributed by atoms with Gasteiger partial charge in [-0.3, -0.25) is 14.4 Å². The van der Waals surface area contributed by atoms with Gasteiger partial charge in [-0.1, -0.05) is 20.3 Å². The smallest absolute Gasteiger partial charge is 0.410 e. The van der Waals surface area contributed by atoms with Crippen LogP contribution in [0.25, 0.3) is 0 Å². The van der Waals surface area contributed by atoms with Crippen molar-refractivity contribution < 1.29 is 38.1 Å². The summed E-state index contributed by atoms with van der Waals surface area (Å²) < 4.78 is 19.6. The second kappa shape index (κ2) is 17.5. The highest BCUT2D eigenvalue weighted by molar-refractivity contribution is 5.71. The molecule has 0 aromatic rings. The molecule has 0 aliphatic carbocycles. The van der Waals surface area contributed by atoms with Gasteiger partial charge in [-0.2, -0.15) is 0 Å². The number of amides is 1. The normalized spacial score (nSPS) is 12.4. The molecule has 0 aliphatic rings. The standard InChI is InChI=1S/C20H36N2O8/c1-5-17(23)27-15(3)29-19(25)11-10-13-21-12-8-7-9-14-22-20(26)30-16(4)28-18(24)6-2/h15-16,21H,5-14H2,1-4H3,(H,22,26)/t15-,16-/m1/s1. The molecule has 0 aromatic carbocycles. The quantitative estimate of drug-likeness (QED) is 0.214. The zero-order valence-corrected chi connectivity index (χ0v) is 18.5. The van der Waals surface area contributed by atoms with Crippen LogP contribution in [0.3, 0.4) is 0 Å². The third-order valence-corrected chi connectivity index (χ3v) is 3.78. The summed E-state index contributed by atoms with van der Waals surface area (Å²) in [6.45, 7) is 8.28. The van der Waals surface area contributed by atoms with Gasteiger partial charge in [-0.05, 0) is 32.4 Å². The fourth-order valence-corrected chi connectivity index (χ4v) is 2.25. The van der Waals surface area contributed by atoms with Crippen LogP contribution >= 0.6 is 0 Å². The summed E-state index contributed by atoms with van der Waals surface area (Å²) in [7, 11) is 0. The first-order chi connectivity index (χ1) is 14.3. The first kappa shape index (κ1) is 27.6. The van der Waals surface area contributed by atoms with Crippen LogP contribution in [0.2, 0.25) is 0 Å². The van der Waals surface area contributed by atoms with Gasteiger partial charge >= 0.3 is 24.0 Å². The largest absolute Gasteiger partial charge is 0.425 e. The minimum absolute atomic E-state index is 0.225. The number of hydrogen-bond acceptors (Lipinski definition) is 9. The number of ether oxygens (including phenoxy) is 4. The van der Waals surface area contributed by atoms with Crippen molar-refractivity contribution in [2.45, 2.75) is 85.2 Å². The average molecular weight is 433 g/mol. The van der Waals surface area contributed by atoms with Crippen LogP contribution in [0, 0.1) is 0 Å². The van der Waals surface area contributed by atoms with Crippen LogP contribution in [0.1, 0.15) is 72.6 Å². The summed E-state index contributed by atoms with van der Waals surface area (Å²) in [6, 6.07) is 0. The second-order valence-electron chi connectivity index (χ2n) is 6.56. The number of alkyl carbamates (subject to hydrolysis) is 1. The van der Waals surface area contributed by atoms with Crippen molar-refractivity contribution in [1.29, 1.82) is 0 Å². The molecule has 0 saturated heterocycles. The first-order valence-electron chi connectivity index (χ1n) is 10.5. The zero-order chi connectivity index (χ0) is 22.8. The minimum Gasteiger partial charge on any atom is -0.425 e. The molecule has 10 nitrogen and oxygen atoms in total. The van der Waals surface area contributed by atoms with Crippen LogP contribution in [0.5, 0.6) is 0 Å². The molecule has 0 fully saturated rings. The maximum Gasteiger partial charge on any atom is 0.410 e. The van der Waals surface area contributed by atoms with E-state index >= 15 is 0 Å². The number of rotatable bonds is 16. The Morgan fingerprint density at radius 1 is 0.667 bits per heavy atom. The molecule has 0 radical (unpaired) electrons. The molecule has 0 bridgehead atoms. The molecular weight excluding hydrogens is 396 g/mol. The van der Waals surface area contributed by atoms with E-state index in [1.807, 2.05) is 0 Å². The molecule has 30 heavy (non-hydrogen) atoms. The fourth-order valence-electron chi connectivity index (χ4n) is 2.25. The number of nitrogens with one attached hydrogen (secondary N) is 2. The molecular formula is C20H36N2O8. The van der Waals surface area contributed by atoms with Crippen LogP contribution < -0.4 is 10.6 Å². The number of esters is 3. The van der Waals surface area contributed by atoms with Gasteiger partial charge < -0.3 is 29.6 Å². The molecule has 0 saturated carbocycles. The number of hydrogen-bond donors (Lipinski definition) is 2. The Labute approximate surface area is 178 Å². The van der Waals surface area contributed by atoms with Gasteiger partial charge in [0, 0.05) is 39.7 Å². The predicted molar refractivity (Wildman–Crippen MR) is 108 cm³/mol. The Kier molecular flexibility index (Phi) is 16.1. The highest BCUT2D eigenvalue weighted by atomic mass is 16.7. The lowest BCUT2D eigenvalue weighted by Gasteiger charge is -2.14. The molecule has 0 aromatic heterocycles. The van der Waals surface area contributed by atoms with Gasteiger partial charge in [0.25, 0.3) is 0 Å². The molecule has 2 N–H and O–H groups in total. The minimum atomic E-state index is -0.909. The van der Waals surface area contributed by atoms with Crippen molar-refractivity contribution in [3.63, 3.8) is 0 Å². The molecule has 1 amide bonds. The summed E-state index contributed by atoms with van der Waals surface area (Å²) in [5.41, 5.74) is 0. The van der Waals surface area contributed by atoms with Gasteiger partial charge in [0.1, 0.15) is 0 Å². The van der Waals surface area contributed by atoms with Crippen LogP contribution in [-0.4, -0.2) is 56.2 Å². The van der Waals surface area contributed by atoms with E-state index in [2.05, 4.69) is 10.6 Å². The lowest BCUT2D eigenvalue weighted by atomic mass is 10.2. The Balaban J connectivity index is 3.51. The SMILES string of the molecule is CCC(=O)O[C@@H](C)OC(=O)CCCNCCCCCNC(=O)O[C@H](C)OC(=O)CC. The summed E-state index contributed by atoms with van der Waals surface area (Å²) in [5, 5.41) is 5.84. The summed E-state index contributed by atoms with van der Waals surface area (Å²) in [5.74, 6) is -1.23. The van der Waals surface area contributed by atoms with Gasteiger partial charge in [0.15, 0.2) is 0 Å². The number of carbonyl (C=O) groups is 4. The van der Waals surface area contributed by atoms with E-state index in [9.17, 15) is 19.2 Å². The highest BCUT2D eigenvalue weighted by Crippen LogP contribution is 2.01.